The van der Waals surface area contributed by atoms with E-state index in [2.05, 4.69) is 0 Å². The van der Waals surface area contributed by atoms with Gasteiger partial charge in [-0.05, 0) is 25.5 Å². The summed E-state index contributed by atoms with van der Waals surface area (Å²) in [6, 6.07) is 7.39. The van der Waals surface area contributed by atoms with Gasteiger partial charge >= 0.3 is 5.97 Å². The molecule has 0 aliphatic carbocycles. The van der Waals surface area contributed by atoms with Crippen LogP contribution in [0.3, 0.4) is 0 Å². The second-order valence-electron chi connectivity index (χ2n) is 4.98. The van der Waals surface area contributed by atoms with E-state index in [9.17, 15) is 9.90 Å². The van der Waals surface area contributed by atoms with Crippen molar-refractivity contribution in [1.82, 2.24) is 0 Å². The summed E-state index contributed by atoms with van der Waals surface area (Å²) in [7, 11) is 0. The number of carboxylic acids is 1. The van der Waals surface area contributed by atoms with Crippen molar-refractivity contribution >= 4 is 17.6 Å². The number of ether oxygens (including phenoxy) is 1. The van der Waals surface area contributed by atoms with Crippen molar-refractivity contribution in [2.75, 3.05) is 13.2 Å². The molecule has 0 amide bonds. The van der Waals surface area contributed by atoms with Gasteiger partial charge < -0.3 is 9.84 Å². The third-order valence-corrected chi connectivity index (χ3v) is 4.15. The van der Waals surface area contributed by atoms with Crippen LogP contribution in [0.25, 0.3) is 0 Å². The topological polar surface area (TPSA) is 46.5 Å². The van der Waals surface area contributed by atoms with Crippen LogP contribution in [0.15, 0.2) is 24.3 Å². The number of carbonyl (C=O) groups is 1. The van der Waals surface area contributed by atoms with Crippen LogP contribution in [0.2, 0.25) is 5.02 Å². The molecule has 0 atom stereocenters. The summed E-state index contributed by atoms with van der Waals surface area (Å²) in [5.74, 6) is -0.833. The number of hydrogen-bond acceptors (Lipinski definition) is 2. The van der Waals surface area contributed by atoms with Gasteiger partial charge in [-0.3, -0.25) is 4.79 Å². The average molecular weight is 255 g/mol. The fourth-order valence-corrected chi connectivity index (χ4v) is 2.53. The summed E-state index contributed by atoms with van der Waals surface area (Å²) in [5, 5.41) is 10.00. The molecule has 92 valence electrons. The van der Waals surface area contributed by atoms with E-state index in [1.807, 2.05) is 18.2 Å². The third kappa shape index (κ3) is 1.65. The van der Waals surface area contributed by atoms with Gasteiger partial charge in [0, 0.05) is 5.02 Å². The monoisotopic (exact) mass is 254 g/mol. The summed E-state index contributed by atoms with van der Waals surface area (Å²) in [6.45, 7) is 4.24. The molecule has 0 aromatic heterocycles. The maximum atomic E-state index is 11.4. The molecule has 2 rings (SSSR count). The largest absolute Gasteiger partial charge is 0.481 e. The Balaban J connectivity index is 2.53. The zero-order valence-electron chi connectivity index (χ0n) is 9.87. The lowest BCUT2D eigenvalue weighted by Crippen LogP contribution is -2.59. The summed E-state index contributed by atoms with van der Waals surface area (Å²) < 4.78 is 5.26. The lowest BCUT2D eigenvalue weighted by molar-refractivity contribution is -0.171. The van der Waals surface area contributed by atoms with E-state index in [1.165, 1.54) is 0 Å². The summed E-state index contributed by atoms with van der Waals surface area (Å²) >= 11 is 6.18. The van der Waals surface area contributed by atoms with Crippen molar-refractivity contribution in [3.05, 3.63) is 34.9 Å². The van der Waals surface area contributed by atoms with Gasteiger partial charge in [0.1, 0.15) is 0 Å². The zero-order chi connectivity index (χ0) is 12.7. The smallest absolute Gasteiger partial charge is 0.310 e. The molecule has 3 nitrogen and oxygen atoms in total. The Morgan fingerprint density at radius 1 is 1.41 bits per heavy atom. The molecular formula is C13H15ClO3. The highest BCUT2D eigenvalue weighted by molar-refractivity contribution is 6.31. The Morgan fingerprint density at radius 3 is 2.41 bits per heavy atom. The molecule has 17 heavy (non-hydrogen) atoms. The Labute approximate surface area is 105 Å². The quantitative estimate of drug-likeness (QED) is 0.902. The molecule has 1 saturated heterocycles. The Morgan fingerprint density at radius 2 is 2.00 bits per heavy atom. The minimum atomic E-state index is -0.907. The van der Waals surface area contributed by atoms with Crippen LogP contribution in [-0.4, -0.2) is 24.3 Å². The molecule has 1 aromatic carbocycles. The third-order valence-electron chi connectivity index (χ3n) is 3.82. The molecule has 0 bridgehead atoms. The van der Waals surface area contributed by atoms with Crippen LogP contribution in [0, 0.1) is 5.41 Å². The highest BCUT2D eigenvalue weighted by Crippen LogP contribution is 2.49. The minimum Gasteiger partial charge on any atom is -0.481 e. The normalized spacial score (nSPS) is 18.5. The van der Waals surface area contributed by atoms with Crippen molar-refractivity contribution in [2.45, 2.75) is 19.3 Å². The van der Waals surface area contributed by atoms with E-state index in [1.54, 1.807) is 19.9 Å². The van der Waals surface area contributed by atoms with E-state index in [0.717, 1.165) is 5.56 Å². The van der Waals surface area contributed by atoms with Crippen molar-refractivity contribution < 1.29 is 14.6 Å². The van der Waals surface area contributed by atoms with Gasteiger partial charge in [0.2, 0.25) is 0 Å². The fraction of sp³-hybridized carbons (Fsp3) is 0.462. The zero-order valence-corrected chi connectivity index (χ0v) is 10.6. The number of hydrogen-bond donors (Lipinski definition) is 1. The molecule has 1 aliphatic rings. The van der Waals surface area contributed by atoms with E-state index < -0.39 is 16.8 Å². The molecule has 1 aromatic rings. The Hall–Kier alpha value is -1.06. The van der Waals surface area contributed by atoms with Gasteiger partial charge in [0.05, 0.1) is 24.0 Å². The van der Waals surface area contributed by atoms with Crippen LogP contribution >= 0.6 is 11.6 Å². The van der Waals surface area contributed by atoms with Crippen LogP contribution in [-0.2, 0) is 14.9 Å². The van der Waals surface area contributed by atoms with E-state index in [-0.39, 0.29) is 0 Å². The molecule has 1 fully saturated rings. The fourth-order valence-electron chi connectivity index (χ4n) is 2.21. The SMILES string of the molecule is CC(C)(C(=O)O)C1(c2ccccc2Cl)COC1. The van der Waals surface area contributed by atoms with Crippen molar-refractivity contribution in [1.29, 1.82) is 0 Å². The number of carboxylic acid groups (broad SMARTS) is 1. The van der Waals surface area contributed by atoms with Crippen LogP contribution < -0.4 is 0 Å². The molecule has 0 unspecified atom stereocenters. The van der Waals surface area contributed by atoms with E-state index in [0.29, 0.717) is 18.2 Å². The maximum Gasteiger partial charge on any atom is 0.310 e. The predicted molar refractivity (Wildman–Crippen MR) is 65.4 cm³/mol. The van der Waals surface area contributed by atoms with Crippen LogP contribution in [0.4, 0.5) is 0 Å². The first-order chi connectivity index (χ1) is 7.92. The number of aliphatic carboxylic acids is 1. The molecule has 0 spiro atoms. The first-order valence-electron chi connectivity index (χ1n) is 5.48. The molecular weight excluding hydrogens is 240 g/mol. The first-order valence-corrected chi connectivity index (χ1v) is 5.86. The lowest BCUT2D eigenvalue weighted by atomic mass is 9.60. The van der Waals surface area contributed by atoms with Crippen molar-refractivity contribution in [3.8, 4) is 0 Å². The number of rotatable bonds is 3. The summed E-state index contributed by atoms with van der Waals surface area (Å²) in [6.07, 6.45) is 0. The number of benzene rings is 1. The molecule has 0 radical (unpaired) electrons. The standard InChI is InChI=1S/C13H15ClO3/c1-12(2,11(15)16)13(7-17-8-13)9-5-3-4-6-10(9)14/h3-6H,7-8H2,1-2H3,(H,15,16). The molecule has 0 saturated carbocycles. The molecule has 1 aliphatic heterocycles. The van der Waals surface area contributed by atoms with Crippen molar-refractivity contribution in [3.63, 3.8) is 0 Å². The van der Waals surface area contributed by atoms with Gasteiger partial charge in [0.15, 0.2) is 0 Å². The highest BCUT2D eigenvalue weighted by atomic mass is 35.5. The lowest BCUT2D eigenvalue weighted by Gasteiger charge is -2.50. The summed E-state index contributed by atoms with van der Waals surface area (Å²) in [4.78, 5) is 11.4. The van der Waals surface area contributed by atoms with E-state index in [4.69, 9.17) is 16.3 Å². The maximum absolute atomic E-state index is 11.4. The average Bonchev–Trinajstić information content (AvgIpc) is 2.18. The molecule has 1 N–H and O–H groups in total. The van der Waals surface area contributed by atoms with Crippen LogP contribution in [0.5, 0.6) is 0 Å². The number of halogens is 1. The predicted octanol–water partition coefficient (Wildman–Crippen LogP) is 2.72. The van der Waals surface area contributed by atoms with Gasteiger partial charge in [0.25, 0.3) is 0 Å². The van der Waals surface area contributed by atoms with Crippen molar-refractivity contribution in [2.24, 2.45) is 5.41 Å². The first kappa shape index (κ1) is 12.4. The molecule has 4 heteroatoms. The summed E-state index contributed by atoms with van der Waals surface area (Å²) in [5.41, 5.74) is -0.576. The van der Waals surface area contributed by atoms with E-state index >= 15 is 0 Å². The second-order valence-corrected chi connectivity index (χ2v) is 5.39. The van der Waals surface area contributed by atoms with Gasteiger partial charge in [-0.2, -0.15) is 0 Å². The van der Waals surface area contributed by atoms with Gasteiger partial charge in [-0.15, -0.1) is 0 Å². The Bertz CT molecular complexity index is 450. The molecule has 1 heterocycles. The minimum absolute atomic E-state index is 0.399. The van der Waals surface area contributed by atoms with Crippen LogP contribution in [0.1, 0.15) is 19.4 Å². The second kappa shape index (κ2) is 4.00. The highest BCUT2D eigenvalue weighted by Gasteiger charge is 2.57. The van der Waals surface area contributed by atoms with Gasteiger partial charge in [-0.1, -0.05) is 29.8 Å². The Kier molecular flexibility index (Phi) is 2.92. The van der Waals surface area contributed by atoms with Gasteiger partial charge in [-0.25, -0.2) is 0 Å².